The van der Waals surface area contributed by atoms with Crippen LogP contribution >= 0.6 is 12.4 Å². The van der Waals surface area contributed by atoms with Gasteiger partial charge in [-0.2, -0.15) is 0 Å². The number of carbonyl (C=O) groups is 1. The molecule has 1 aromatic carbocycles. The van der Waals surface area contributed by atoms with E-state index in [1.54, 1.807) is 0 Å². The van der Waals surface area contributed by atoms with Gasteiger partial charge >= 0.3 is 0 Å². The second-order valence-electron chi connectivity index (χ2n) is 8.05. The van der Waals surface area contributed by atoms with Crippen LogP contribution in [-0.2, 0) is 14.9 Å². The Balaban J connectivity index is 0.00000196. The minimum absolute atomic E-state index is 0. The molecule has 2 bridgehead atoms. The number of fused-ring (bicyclic) bond motifs is 2. The first-order valence-corrected chi connectivity index (χ1v) is 9.46. The lowest BCUT2D eigenvalue weighted by molar-refractivity contribution is -0.127. The van der Waals surface area contributed by atoms with Crippen molar-refractivity contribution >= 4 is 18.3 Å². The molecular formula is C20H28ClFN2O2. The molecule has 4 atom stereocenters. The van der Waals surface area contributed by atoms with Crippen molar-refractivity contribution in [1.82, 2.24) is 5.32 Å². The highest BCUT2D eigenvalue weighted by Crippen LogP contribution is 2.47. The molecule has 4 nitrogen and oxygen atoms in total. The van der Waals surface area contributed by atoms with Crippen LogP contribution in [0.1, 0.15) is 37.7 Å². The summed E-state index contributed by atoms with van der Waals surface area (Å²) >= 11 is 0. The average Bonchev–Trinajstić information content (AvgIpc) is 3.22. The van der Waals surface area contributed by atoms with Gasteiger partial charge in [-0.05, 0) is 61.6 Å². The van der Waals surface area contributed by atoms with Crippen molar-refractivity contribution in [2.24, 2.45) is 23.5 Å². The van der Waals surface area contributed by atoms with Gasteiger partial charge in [-0.15, -0.1) is 12.4 Å². The van der Waals surface area contributed by atoms with Crippen LogP contribution in [0.25, 0.3) is 0 Å². The molecular weight excluding hydrogens is 355 g/mol. The molecule has 3 aliphatic rings. The number of carbonyl (C=O) groups excluding carboxylic acids is 1. The predicted molar refractivity (Wildman–Crippen MR) is 101 cm³/mol. The molecule has 3 N–H and O–H groups in total. The molecule has 2 aliphatic carbocycles. The summed E-state index contributed by atoms with van der Waals surface area (Å²) in [5.74, 6) is 0.811. The molecule has 2 saturated carbocycles. The largest absolute Gasteiger partial charge is 0.381 e. The Morgan fingerprint density at radius 1 is 1.19 bits per heavy atom. The molecule has 1 aromatic rings. The van der Waals surface area contributed by atoms with E-state index >= 15 is 0 Å². The van der Waals surface area contributed by atoms with Crippen molar-refractivity contribution in [3.05, 3.63) is 35.6 Å². The van der Waals surface area contributed by atoms with Gasteiger partial charge in [0.1, 0.15) is 5.82 Å². The van der Waals surface area contributed by atoms with Crippen LogP contribution in [0.4, 0.5) is 4.39 Å². The van der Waals surface area contributed by atoms with Gasteiger partial charge < -0.3 is 15.8 Å². The number of nitrogens with two attached hydrogens (primary N) is 1. The normalized spacial score (nSPS) is 32.1. The molecule has 1 amide bonds. The first-order valence-electron chi connectivity index (χ1n) is 9.46. The summed E-state index contributed by atoms with van der Waals surface area (Å²) < 4.78 is 18.8. The van der Waals surface area contributed by atoms with Crippen LogP contribution in [0, 0.1) is 23.6 Å². The van der Waals surface area contributed by atoms with E-state index in [2.05, 4.69) is 5.32 Å². The van der Waals surface area contributed by atoms with Gasteiger partial charge in [0.2, 0.25) is 5.91 Å². The Hall–Kier alpha value is -1.17. The van der Waals surface area contributed by atoms with E-state index in [0.29, 0.717) is 31.6 Å². The van der Waals surface area contributed by atoms with E-state index in [1.807, 2.05) is 12.1 Å². The molecule has 0 spiro atoms. The fourth-order valence-corrected chi connectivity index (χ4v) is 5.23. The lowest BCUT2D eigenvalue weighted by atomic mass is 9.74. The quantitative estimate of drug-likeness (QED) is 0.841. The fourth-order valence-electron chi connectivity index (χ4n) is 5.23. The Kier molecular flexibility index (Phi) is 5.90. The molecule has 0 aromatic heterocycles. The number of nitrogens with one attached hydrogen (secondary N) is 1. The van der Waals surface area contributed by atoms with E-state index in [4.69, 9.17) is 10.5 Å². The minimum Gasteiger partial charge on any atom is -0.381 e. The summed E-state index contributed by atoms with van der Waals surface area (Å²) in [5.41, 5.74) is 7.21. The molecule has 26 heavy (non-hydrogen) atoms. The third kappa shape index (κ3) is 3.49. The van der Waals surface area contributed by atoms with Crippen molar-refractivity contribution in [3.63, 3.8) is 0 Å². The van der Waals surface area contributed by atoms with Crippen molar-refractivity contribution in [2.75, 3.05) is 19.8 Å². The molecule has 144 valence electrons. The number of rotatable bonds is 4. The molecule has 1 saturated heterocycles. The number of ether oxygens (including phenoxy) is 1. The standard InChI is InChI=1S/C20H27FN2O2.ClH/c21-16-5-3-15(4-6-16)20(7-9-25-10-8-20)12-23-19(24)17-13-1-2-14(11-13)18(17)22;/h3-6,13-14,17-18H,1-2,7-12,22H2,(H,23,24);1H. The van der Waals surface area contributed by atoms with E-state index in [1.165, 1.54) is 18.6 Å². The lowest BCUT2D eigenvalue weighted by Gasteiger charge is -2.38. The third-order valence-electron chi connectivity index (χ3n) is 6.79. The van der Waals surface area contributed by atoms with Gasteiger partial charge in [0.15, 0.2) is 0 Å². The van der Waals surface area contributed by atoms with Gasteiger partial charge in [-0.3, -0.25) is 4.79 Å². The first-order chi connectivity index (χ1) is 12.1. The van der Waals surface area contributed by atoms with Crippen LogP contribution in [0.15, 0.2) is 24.3 Å². The Bertz CT molecular complexity index is 631. The zero-order valence-corrected chi connectivity index (χ0v) is 15.8. The molecule has 4 unspecified atom stereocenters. The molecule has 4 rings (SSSR count). The van der Waals surface area contributed by atoms with Gasteiger partial charge in [0.05, 0.1) is 5.92 Å². The first kappa shape index (κ1) is 19.6. The number of benzene rings is 1. The summed E-state index contributed by atoms with van der Waals surface area (Å²) in [7, 11) is 0. The molecule has 6 heteroatoms. The Labute approximate surface area is 160 Å². The Morgan fingerprint density at radius 3 is 2.46 bits per heavy atom. The van der Waals surface area contributed by atoms with Crippen LogP contribution in [-0.4, -0.2) is 31.7 Å². The van der Waals surface area contributed by atoms with Crippen molar-refractivity contribution in [1.29, 1.82) is 0 Å². The van der Waals surface area contributed by atoms with Gasteiger partial charge in [0.25, 0.3) is 0 Å². The Morgan fingerprint density at radius 2 is 1.85 bits per heavy atom. The smallest absolute Gasteiger partial charge is 0.224 e. The maximum atomic E-state index is 13.3. The van der Waals surface area contributed by atoms with Gasteiger partial charge in [-0.1, -0.05) is 12.1 Å². The summed E-state index contributed by atoms with van der Waals surface area (Å²) in [6.45, 7) is 1.91. The van der Waals surface area contributed by atoms with Crippen molar-refractivity contribution in [2.45, 2.75) is 43.6 Å². The highest BCUT2D eigenvalue weighted by molar-refractivity contribution is 5.85. The van der Waals surface area contributed by atoms with Crippen LogP contribution in [0.2, 0.25) is 0 Å². The number of halogens is 2. The zero-order valence-electron chi connectivity index (χ0n) is 15.0. The zero-order chi connectivity index (χ0) is 17.4. The van der Waals surface area contributed by atoms with Crippen molar-refractivity contribution in [3.8, 4) is 0 Å². The van der Waals surface area contributed by atoms with Crippen LogP contribution < -0.4 is 11.1 Å². The fraction of sp³-hybridized carbons (Fsp3) is 0.650. The van der Waals surface area contributed by atoms with Crippen LogP contribution in [0.3, 0.4) is 0 Å². The SMILES string of the molecule is Cl.NC1C2CCC(C2)C1C(=O)NCC1(c2ccc(F)cc2)CCOCC1. The van der Waals surface area contributed by atoms with Gasteiger partial charge in [0, 0.05) is 31.2 Å². The van der Waals surface area contributed by atoms with E-state index < -0.39 is 0 Å². The average molecular weight is 383 g/mol. The molecule has 3 fully saturated rings. The lowest BCUT2D eigenvalue weighted by Crippen LogP contribution is -2.50. The highest BCUT2D eigenvalue weighted by atomic mass is 35.5. The summed E-state index contributed by atoms with van der Waals surface area (Å²) in [5, 5.41) is 3.20. The number of hydrogen-bond acceptors (Lipinski definition) is 3. The summed E-state index contributed by atoms with van der Waals surface area (Å²) in [4.78, 5) is 12.8. The number of amides is 1. The molecule has 1 heterocycles. The summed E-state index contributed by atoms with van der Waals surface area (Å²) in [6, 6.07) is 6.70. The minimum atomic E-state index is -0.233. The second kappa shape index (κ2) is 7.83. The monoisotopic (exact) mass is 382 g/mol. The van der Waals surface area contributed by atoms with Crippen LogP contribution in [0.5, 0.6) is 0 Å². The maximum Gasteiger partial charge on any atom is 0.224 e. The number of hydrogen-bond donors (Lipinski definition) is 2. The highest BCUT2D eigenvalue weighted by Gasteiger charge is 2.49. The molecule has 0 radical (unpaired) electrons. The second-order valence-corrected chi connectivity index (χ2v) is 8.05. The predicted octanol–water partition coefficient (Wildman–Crippen LogP) is 2.79. The maximum absolute atomic E-state index is 13.3. The topological polar surface area (TPSA) is 64.4 Å². The van der Waals surface area contributed by atoms with Crippen molar-refractivity contribution < 1.29 is 13.9 Å². The summed E-state index contributed by atoms with van der Waals surface area (Å²) in [6.07, 6.45) is 5.08. The van der Waals surface area contributed by atoms with E-state index in [0.717, 1.165) is 31.2 Å². The molecule has 1 aliphatic heterocycles. The third-order valence-corrected chi connectivity index (χ3v) is 6.79. The van der Waals surface area contributed by atoms with Gasteiger partial charge in [-0.25, -0.2) is 4.39 Å². The van der Waals surface area contributed by atoms with E-state index in [9.17, 15) is 9.18 Å². The van der Waals surface area contributed by atoms with E-state index in [-0.39, 0.29) is 41.5 Å².